The summed E-state index contributed by atoms with van der Waals surface area (Å²) >= 11 is 12.1. The molecule has 0 unspecified atom stereocenters. The van der Waals surface area contributed by atoms with Crippen LogP contribution >= 0.6 is 23.2 Å². The molecular formula is C16H19Cl2N3O2. The number of phenolic OH excluding ortho intramolecular Hbond substituents is 1. The molecule has 124 valence electrons. The van der Waals surface area contributed by atoms with Crippen molar-refractivity contribution in [1.82, 2.24) is 14.5 Å². The van der Waals surface area contributed by atoms with Gasteiger partial charge in [0, 0.05) is 6.54 Å². The molecule has 0 saturated carbocycles. The Morgan fingerprint density at radius 1 is 1.22 bits per heavy atom. The van der Waals surface area contributed by atoms with Gasteiger partial charge < -0.3 is 5.11 Å². The van der Waals surface area contributed by atoms with Crippen molar-refractivity contribution in [3.63, 3.8) is 0 Å². The molecule has 2 heterocycles. The first-order valence-corrected chi connectivity index (χ1v) is 8.61. The first-order chi connectivity index (χ1) is 11.0. The molecule has 1 aromatic heterocycles. The van der Waals surface area contributed by atoms with Crippen LogP contribution in [0.15, 0.2) is 10.9 Å². The highest BCUT2D eigenvalue weighted by molar-refractivity contribution is 6.39. The van der Waals surface area contributed by atoms with Gasteiger partial charge in [-0.25, -0.2) is 4.98 Å². The van der Waals surface area contributed by atoms with Crippen molar-refractivity contribution in [2.24, 2.45) is 0 Å². The lowest BCUT2D eigenvalue weighted by Gasteiger charge is -2.27. The van der Waals surface area contributed by atoms with Gasteiger partial charge in [-0.2, -0.15) is 0 Å². The fourth-order valence-corrected chi connectivity index (χ4v) is 3.65. The Labute approximate surface area is 144 Å². The summed E-state index contributed by atoms with van der Waals surface area (Å²) in [5, 5.41) is 10.7. The van der Waals surface area contributed by atoms with Crippen LogP contribution in [0.3, 0.4) is 0 Å². The lowest BCUT2D eigenvalue weighted by atomic mass is 10.1. The second kappa shape index (κ2) is 6.67. The largest absolute Gasteiger partial charge is 0.504 e. The molecule has 1 aromatic carbocycles. The van der Waals surface area contributed by atoms with Crippen LogP contribution in [0, 0.1) is 0 Å². The standard InChI is InChI=1S/C16H19Cl2N3O2/c1-2-21-12(9-20-6-4-3-5-7-20)19-14-13(16(21)23)10(17)8-11(18)15(14)22/h8,22H,2-7,9H2,1H3. The molecule has 0 bridgehead atoms. The highest BCUT2D eigenvalue weighted by Crippen LogP contribution is 2.34. The molecule has 1 saturated heterocycles. The maximum atomic E-state index is 12.8. The molecule has 7 heteroatoms. The molecule has 1 aliphatic heterocycles. The summed E-state index contributed by atoms with van der Waals surface area (Å²) in [6.07, 6.45) is 3.56. The summed E-state index contributed by atoms with van der Waals surface area (Å²) in [5.74, 6) is 0.451. The van der Waals surface area contributed by atoms with Crippen LogP contribution in [0.2, 0.25) is 10.0 Å². The van der Waals surface area contributed by atoms with E-state index in [1.165, 1.54) is 12.5 Å². The van der Waals surface area contributed by atoms with Crippen LogP contribution in [0.25, 0.3) is 10.9 Å². The lowest BCUT2D eigenvalue weighted by molar-refractivity contribution is 0.212. The third-order valence-electron chi connectivity index (χ3n) is 4.32. The van der Waals surface area contributed by atoms with E-state index in [1.54, 1.807) is 4.57 Å². The zero-order valence-corrected chi connectivity index (χ0v) is 14.5. The predicted octanol–water partition coefficient (Wildman–Crippen LogP) is 3.41. The van der Waals surface area contributed by atoms with Gasteiger partial charge in [-0.3, -0.25) is 14.3 Å². The fourth-order valence-electron chi connectivity index (χ4n) is 3.11. The molecule has 5 nitrogen and oxygen atoms in total. The number of fused-ring (bicyclic) bond motifs is 1. The molecular weight excluding hydrogens is 337 g/mol. The number of rotatable bonds is 3. The number of likely N-dealkylation sites (tertiary alicyclic amines) is 1. The molecule has 1 N–H and O–H groups in total. The van der Waals surface area contributed by atoms with Gasteiger partial charge in [-0.1, -0.05) is 29.6 Å². The summed E-state index contributed by atoms with van der Waals surface area (Å²) in [7, 11) is 0. The lowest BCUT2D eigenvalue weighted by Crippen LogP contribution is -2.33. The Bertz CT molecular complexity index is 798. The van der Waals surface area contributed by atoms with Gasteiger partial charge in [0.2, 0.25) is 0 Å². The van der Waals surface area contributed by atoms with Crippen LogP contribution in [-0.2, 0) is 13.1 Å². The van der Waals surface area contributed by atoms with E-state index in [9.17, 15) is 9.90 Å². The number of nitrogens with zero attached hydrogens (tertiary/aromatic N) is 3. The van der Waals surface area contributed by atoms with Crippen molar-refractivity contribution in [1.29, 1.82) is 0 Å². The monoisotopic (exact) mass is 355 g/mol. The van der Waals surface area contributed by atoms with Crippen LogP contribution in [-0.4, -0.2) is 32.6 Å². The topological polar surface area (TPSA) is 58.4 Å². The second-order valence-electron chi connectivity index (χ2n) is 5.83. The van der Waals surface area contributed by atoms with Crippen LogP contribution < -0.4 is 5.56 Å². The van der Waals surface area contributed by atoms with E-state index in [2.05, 4.69) is 9.88 Å². The number of piperidine rings is 1. The number of hydrogen-bond acceptors (Lipinski definition) is 4. The normalized spacial score (nSPS) is 16.1. The summed E-state index contributed by atoms with van der Waals surface area (Å²) in [4.78, 5) is 19.6. The second-order valence-corrected chi connectivity index (χ2v) is 6.64. The average molecular weight is 356 g/mol. The Kier molecular flexibility index (Phi) is 4.80. The summed E-state index contributed by atoms with van der Waals surface area (Å²) in [6, 6.07) is 1.38. The fraction of sp³-hybridized carbons (Fsp3) is 0.500. The SMILES string of the molecule is CCn1c(CN2CCCCC2)nc2c(O)c(Cl)cc(Cl)c2c1=O. The Morgan fingerprint density at radius 3 is 2.57 bits per heavy atom. The van der Waals surface area contributed by atoms with Crippen molar-refractivity contribution in [2.75, 3.05) is 13.1 Å². The molecule has 1 fully saturated rings. The molecule has 2 aromatic rings. The van der Waals surface area contributed by atoms with E-state index in [1.807, 2.05) is 6.92 Å². The Balaban J connectivity index is 2.17. The van der Waals surface area contributed by atoms with Crippen LogP contribution in [0.4, 0.5) is 0 Å². The van der Waals surface area contributed by atoms with Gasteiger partial charge in [0.25, 0.3) is 5.56 Å². The smallest absolute Gasteiger partial charge is 0.263 e. The Hall–Kier alpha value is -1.30. The van der Waals surface area contributed by atoms with E-state index in [0.29, 0.717) is 18.9 Å². The molecule has 0 aliphatic carbocycles. The number of phenols is 1. The summed E-state index contributed by atoms with van der Waals surface area (Å²) in [5.41, 5.74) is -0.0503. The third-order valence-corrected chi connectivity index (χ3v) is 4.91. The van der Waals surface area contributed by atoms with Gasteiger partial charge >= 0.3 is 0 Å². The van der Waals surface area contributed by atoms with Crippen molar-refractivity contribution in [3.05, 3.63) is 32.3 Å². The van der Waals surface area contributed by atoms with Gasteiger partial charge in [0.05, 0.1) is 22.0 Å². The molecule has 3 rings (SSSR count). The van der Waals surface area contributed by atoms with E-state index in [-0.39, 0.29) is 32.3 Å². The van der Waals surface area contributed by atoms with E-state index >= 15 is 0 Å². The van der Waals surface area contributed by atoms with Crippen molar-refractivity contribution in [2.45, 2.75) is 39.3 Å². The number of aromatic nitrogens is 2. The zero-order chi connectivity index (χ0) is 16.6. The van der Waals surface area contributed by atoms with Crippen molar-refractivity contribution >= 4 is 34.1 Å². The quantitative estimate of drug-likeness (QED) is 0.916. The first kappa shape index (κ1) is 16.6. The van der Waals surface area contributed by atoms with Gasteiger partial charge in [-0.15, -0.1) is 0 Å². The average Bonchev–Trinajstić information content (AvgIpc) is 2.53. The Morgan fingerprint density at radius 2 is 1.91 bits per heavy atom. The zero-order valence-electron chi connectivity index (χ0n) is 13.0. The minimum atomic E-state index is -0.235. The predicted molar refractivity (Wildman–Crippen MR) is 92.5 cm³/mol. The summed E-state index contributed by atoms with van der Waals surface area (Å²) in [6.45, 7) is 4.99. The number of hydrogen-bond donors (Lipinski definition) is 1. The molecule has 1 aliphatic rings. The van der Waals surface area contributed by atoms with Crippen molar-refractivity contribution in [3.8, 4) is 5.75 Å². The molecule has 0 radical (unpaired) electrons. The number of aromatic hydroxyl groups is 1. The molecule has 0 spiro atoms. The third kappa shape index (κ3) is 3.05. The van der Waals surface area contributed by atoms with Crippen LogP contribution in [0.1, 0.15) is 32.0 Å². The first-order valence-electron chi connectivity index (χ1n) is 7.85. The number of benzene rings is 1. The number of halogens is 2. The van der Waals surface area contributed by atoms with Crippen molar-refractivity contribution < 1.29 is 5.11 Å². The maximum absolute atomic E-state index is 12.8. The molecule has 0 amide bonds. The minimum absolute atomic E-state index is 0.104. The van der Waals surface area contributed by atoms with E-state index < -0.39 is 0 Å². The highest BCUT2D eigenvalue weighted by atomic mass is 35.5. The summed E-state index contributed by atoms with van der Waals surface area (Å²) < 4.78 is 1.62. The van der Waals surface area contributed by atoms with E-state index in [0.717, 1.165) is 25.9 Å². The molecule has 0 atom stereocenters. The van der Waals surface area contributed by atoms with Gasteiger partial charge in [0.1, 0.15) is 11.3 Å². The molecule has 23 heavy (non-hydrogen) atoms. The van der Waals surface area contributed by atoms with Gasteiger partial charge in [-0.05, 0) is 38.9 Å². The van der Waals surface area contributed by atoms with Gasteiger partial charge in [0.15, 0.2) is 5.75 Å². The van der Waals surface area contributed by atoms with E-state index in [4.69, 9.17) is 23.2 Å². The van der Waals surface area contributed by atoms with Crippen LogP contribution in [0.5, 0.6) is 5.75 Å². The highest BCUT2D eigenvalue weighted by Gasteiger charge is 2.20. The maximum Gasteiger partial charge on any atom is 0.263 e. The minimum Gasteiger partial charge on any atom is -0.504 e.